The molecule has 1 rings (SSSR count). The van der Waals surface area contributed by atoms with E-state index in [2.05, 4.69) is 14.8 Å². The molecule has 0 aromatic heterocycles. The summed E-state index contributed by atoms with van der Waals surface area (Å²) < 4.78 is 31.0. The van der Waals surface area contributed by atoms with Crippen molar-refractivity contribution in [3.63, 3.8) is 0 Å². The number of ether oxygens (including phenoxy) is 1. The zero-order valence-electron chi connectivity index (χ0n) is 14.3. The van der Waals surface area contributed by atoms with Gasteiger partial charge in [-0.25, -0.2) is 17.9 Å². The van der Waals surface area contributed by atoms with Crippen LogP contribution in [0.15, 0.2) is 29.2 Å². The number of sulfonamides is 1. The molecule has 0 fully saturated rings. The number of rotatable bonds is 8. The van der Waals surface area contributed by atoms with Crippen molar-refractivity contribution in [3.05, 3.63) is 29.8 Å². The van der Waals surface area contributed by atoms with Crippen molar-refractivity contribution >= 4 is 21.9 Å². The number of methoxy groups -OCH3 is 1. The van der Waals surface area contributed by atoms with Gasteiger partial charge in [0.1, 0.15) is 6.04 Å². The Morgan fingerprint density at radius 1 is 1.24 bits per heavy atom. The fourth-order valence-corrected chi connectivity index (χ4v) is 3.01. The van der Waals surface area contributed by atoms with E-state index in [4.69, 9.17) is 5.26 Å². The van der Waals surface area contributed by atoms with E-state index in [9.17, 15) is 18.0 Å². The average Bonchev–Trinajstić information content (AvgIpc) is 2.58. The van der Waals surface area contributed by atoms with Gasteiger partial charge in [0, 0.05) is 0 Å². The van der Waals surface area contributed by atoms with Gasteiger partial charge in [-0.05, 0) is 36.6 Å². The van der Waals surface area contributed by atoms with Crippen molar-refractivity contribution in [1.29, 1.82) is 5.26 Å². The number of hydrogen-bond acceptors (Lipinski definition) is 6. The molecule has 0 saturated heterocycles. The third kappa shape index (κ3) is 6.52. The zero-order valence-corrected chi connectivity index (χ0v) is 15.1. The summed E-state index contributed by atoms with van der Waals surface area (Å²) in [5.41, 5.74) is 0.325. The van der Waals surface area contributed by atoms with Crippen molar-refractivity contribution in [2.24, 2.45) is 5.92 Å². The molecule has 1 aromatic carbocycles. The summed E-state index contributed by atoms with van der Waals surface area (Å²) >= 11 is 0. The number of esters is 1. The van der Waals surface area contributed by atoms with Gasteiger partial charge in [0.05, 0.1) is 30.2 Å². The molecule has 0 bridgehead atoms. The fraction of sp³-hybridized carbons (Fsp3) is 0.438. The summed E-state index contributed by atoms with van der Waals surface area (Å²) in [6.45, 7) is 3.25. The van der Waals surface area contributed by atoms with E-state index in [-0.39, 0.29) is 10.8 Å². The van der Waals surface area contributed by atoms with Crippen LogP contribution in [0.1, 0.15) is 25.8 Å². The maximum atomic E-state index is 12.1. The Morgan fingerprint density at radius 2 is 1.84 bits per heavy atom. The second-order valence-corrected chi connectivity index (χ2v) is 7.50. The van der Waals surface area contributed by atoms with Crippen LogP contribution in [0, 0.1) is 17.2 Å². The first-order chi connectivity index (χ1) is 11.7. The molecule has 0 radical (unpaired) electrons. The zero-order chi connectivity index (χ0) is 19.0. The van der Waals surface area contributed by atoms with Gasteiger partial charge in [0.15, 0.2) is 0 Å². The minimum atomic E-state index is -3.90. The van der Waals surface area contributed by atoms with E-state index < -0.39 is 34.5 Å². The Morgan fingerprint density at radius 3 is 2.32 bits per heavy atom. The van der Waals surface area contributed by atoms with E-state index in [0.717, 1.165) is 0 Å². The van der Waals surface area contributed by atoms with Crippen molar-refractivity contribution in [3.8, 4) is 6.07 Å². The normalized spacial score (nSPS) is 12.3. The fourth-order valence-electron chi connectivity index (χ4n) is 2.03. The third-order valence-corrected chi connectivity index (χ3v) is 4.66. The smallest absolute Gasteiger partial charge is 0.328 e. The predicted molar refractivity (Wildman–Crippen MR) is 89.7 cm³/mol. The van der Waals surface area contributed by atoms with Crippen LogP contribution >= 0.6 is 0 Å². The lowest BCUT2D eigenvalue weighted by Gasteiger charge is -2.18. The van der Waals surface area contributed by atoms with E-state index >= 15 is 0 Å². The molecule has 0 heterocycles. The van der Waals surface area contributed by atoms with Gasteiger partial charge in [0.2, 0.25) is 15.9 Å². The van der Waals surface area contributed by atoms with Crippen LogP contribution < -0.4 is 10.0 Å². The molecule has 0 aliphatic rings. The van der Waals surface area contributed by atoms with E-state index in [1.807, 2.05) is 19.9 Å². The van der Waals surface area contributed by atoms with Crippen LogP contribution in [-0.2, 0) is 24.3 Å². The minimum Gasteiger partial charge on any atom is -0.467 e. The molecule has 1 aromatic rings. The van der Waals surface area contributed by atoms with Gasteiger partial charge >= 0.3 is 5.97 Å². The number of amides is 1. The lowest BCUT2D eigenvalue weighted by Crippen LogP contribution is -2.46. The van der Waals surface area contributed by atoms with Crippen molar-refractivity contribution < 1.29 is 22.7 Å². The summed E-state index contributed by atoms with van der Waals surface area (Å²) in [5.74, 6) is -1.09. The number of benzene rings is 1. The van der Waals surface area contributed by atoms with Gasteiger partial charge in [-0.1, -0.05) is 13.8 Å². The van der Waals surface area contributed by atoms with Crippen LogP contribution in [0.3, 0.4) is 0 Å². The molecule has 0 aliphatic heterocycles. The molecule has 9 heteroatoms. The molecular weight excluding hydrogens is 346 g/mol. The van der Waals surface area contributed by atoms with E-state index in [1.54, 1.807) is 0 Å². The third-order valence-electron chi connectivity index (χ3n) is 3.24. The SMILES string of the molecule is COC(=O)C(CC(C)C)NC(=O)CNS(=O)(=O)c1ccc(C#N)cc1. The number of carbonyl (C=O) groups excluding carboxylic acids is 2. The molecule has 1 unspecified atom stereocenters. The number of carbonyl (C=O) groups is 2. The standard InChI is InChI=1S/C16H21N3O5S/c1-11(2)8-14(16(21)24-3)19-15(20)10-18-25(22,23)13-6-4-12(9-17)5-7-13/h4-7,11,14,18H,8,10H2,1-3H3,(H,19,20). The molecular formula is C16H21N3O5S. The second-order valence-electron chi connectivity index (χ2n) is 5.73. The van der Waals surface area contributed by atoms with Gasteiger partial charge in [0.25, 0.3) is 0 Å². The minimum absolute atomic E-state index is 0.0639. The van der Waals surface area contributed by atoms with Crippen molar-refractivity contribution in [1.82, 2.24) is 10.0 Å². The molecule has 8 nitrogen and oxygen atoms in total. The Balaban J connectivity index is 2.69. The summed E-state index contributed by atoms with van der Waals surface area (Å²) in [5, 5.41) is 11.2. The quantitative estimate of drug-likeness (QED) is 0.646. The Kier molecular flexibility index (Phi) is 7.54. The predicted octanol–water partition coefficient (Wildman–Crippen LogP) is 0.540. The molecule has 0 spiro atoms. The van der Waals surface area contributed by atoms with Gasteiger partial charge in [-0.15, -0.1) is 0 Å². The Bertz CT molecular complexity index is 751. The molecule has 2 N–H and O–H groups in total. The summed E-state index contributed by atoms with van der Waals surface area (Å²) in [6.07, 6.45) is 0.376. The summed E-state index contributed by atoms with van der Waals surface area (Å²) in [4.78, 5) is 23.5. The highest BCUT2D eigenvalue weighted by atomic mass is 32.2. The lowest BCUT2D eigenvalue weighted by atomic mass is 10.0. The highest BCUT2D eigenvalue weighted by molar-refractivity contribution is 7.89. The number of nitrogens with zero attached hydrogens (tertiary/aromatic N) is 1. The average molecular weight is 367 g/mol. The van der Waals surface area contributed by atoms with Crippen LogP contribution in [0.2, 0.25) is 0 Å². The Hall–Kier alpha value is -2.44. The van der Waals surface area contributed by atoms with Crippen LogP contribution in [0.25, 0.3) is 0 Å². The first-order valence-corrected chi connectivity index (χ1v) is 9.05. The lowest BCUT2D eigenvalue weighted by molar-refractivity contribution is -0.145. The molecule has 1 amide bonds. The molecule has 0 saturated carbocycles. The molecule has 136 valence electrons. The topological polar surface area (TPSA) is 125 Å². The van der Waals surface area contributed by atoms with Gasteiger partial charge in [-0.3, -0.25) is 4.79 Å². The van der Waals surface area contributed by atoms with Crippen LogP contribution in [-0.4, -0.2) is 40.0 Å². The molecule has 0 aliphatic carbocycles. The van der Waals surface area contributed by atoms with Crippen molar-refractivity contribution in [2.45, 2.75) is 31.2 Å². The van der Waals surface area contributed by atoms with Gasteiger partial charge in [-0.2, -0.15) is 5.26 Å². The Labute approximate surface area is 147 Å². The largest absolute Gasteiger partial charge is 0.467 e. The molecule has 25 heavy (non-hydrogen) atoms. The van der Waals surface area contributed by atoms with E-state index in [0.29, 0.717) is 12.0 Å². The van der Waals surface area contributed by atoms with Gasteiger partial charge < -0.3 is 10.1 Å². The number of nitrogens with one attached hydrogen (secondary N) is 2. The second kappa shape index (κ2) is 9.15. The number of hydrogen-bond donors (Lipinski definition) is 2. The highest BCUT2D eigenvalue weighted by Crippen LogP contribution is 2.10. The maximum absolute atomic E-state index is 12.1. The first-order valence-electron chi connectivity index (χ1n) is 7.56. The van der Waals surface area contributed by atoms with Crippen LogP contribution in [0.4, 0.5) is 0 Å². The highest BCUT2D eigenvalue weighted by Gasteiger charge is 2.23. The van der Waals surface area contributed by atoms with E-state index in [1.165, 1.54) is 31.4 Å². The van der Waals surface area contributed by atoms with Crippen LogP contribution in [0.5, 0.6) is 0 Å². The summed E-state index contributed by atoms with van der Waals surface area (Å²) in [7, 11) is -2.68. The number of nitriles is 1. The first kappa shape index (κ1) is 20.6. The van der Waals surface area contributed by atoms with Crippen molar-refractivity contribution in [2.75, 3.05) is 13.7 Å². The monoisotopic (exact) mass is 367 g/mol. The molecule has 1 atom stereocenters. The maximum Gasteiger partial charge on any atom is 0.328 e. The summed E-state index contributed by atoms with van der Waals surface area (Å²) in [6, 6.07) is 6.33.